The predicted molar refractivity (Wildman–Crippen MR) is 34.5 cm³/mol. The van der Waals surface area contributed by atoms with Crippen LogP contribution in [0.25, 0.3) is 0 Å². The fourth-order valence-corrected chi connectivity index (χ4v) is 0.417. The molecule has 0 amide bonds. The van der Waals surface area contributed by atoms with E-state index in [0.717, 1.165) is 13.0 Å². The van der Waals surface area contributed by atoms with Gasteiger partial charge in [-0.3, -0.25) is 11.6 Å². The van der Waals surface area contributed by atoms with E-state index in [0.29, 0.717) is 5.84 Å². The van der Waals surface area contributed by atoms with Crippen LogP contribution >= 0.6 is 0 Å². The van der Waals surface area contributed by atoms with Crippen molar-refractivity contribution in [1.29, 1.82) is 0 Å². The molecule has 0 atom stereocenters. The summed E-state index contributed by atoms with van der Waals surface area (Å²) in [4.78, 5) is 0. The van der Waals surface area contributed by atoms with E-state index in [1.165, 1.54) is 0 Å². The van der Waals surface area contributed by atoms with Crippen LogP contribution < -0.4 is 11.6 Å². The van der Waals surface area contributed by atoms with Gasteiger partial charge in [-0.25, -0.2) is 0 Å². The SMILES string of the molecule is CCC/[N+](N)=C(/C)N. The number of nitrogens with zero attached hydrogens (tertiary/aromatic N) is 1. The van der Waals surface area contributed by atoms with Crippen molar-refractivity contribution in [3.63, 3.8) is 0 Å². The minimum absolute atomic E-state index is 0.673. The Morgan fingerprint density at radius 3 is 2.25 bits per heavy atom. The zero-order chi connectivity index (χ0) is 6.57. The molecule has 0 aliphatic carbocycles. The van der Waals surface area contributed by atoms with Gasteiger partial charge >= 0.3 is 0 Å². The maximum absolute atomic E-state index is 5.40. The first-order valence-corrected chi connectivity index (χ1v) is 2.79. The number of hydrazone groups is 1. The molecular weight excluding hydrogens is 102 g/mol. The summed E-state index contributed by atoms with van der Waals surface area (Å²) < 4.78 is 1.54. The Bertz CT molecular complexity index is 91.8. The molecule has 8 heavy (non-hydrogen) atoms. The lowest BCUT2D eigenvalue weighted by Gasteiger charge is -1.95. The second-order valence-electron chi connectivity index (χ2n) is 1.83. The maximum Gasteiger partial charge on any atom is 0.262 e. The Morgan fingerprint density at radius 2 is 2.12 bits per heavy atom. The van der Waals surface area contributed by atoms with Crippen LogP contribution in [-0.2, 0) is 0 Å². The molecule has 0 aromatic carbocycles. The van der Waals surface area contributed by atoms with Crippen LogP contribution in [0.5, 0.6) is 0 Å². The van der Waals surface area contributed by atoms with E-state index in [2.05, 4.69) is 6.92 Å². The molecule has 0 rings (SSSR count). The average molecular weight is 116 g/mol. The Kier molecular flexibility index (Phi) is 2.99. The van der Waals surface area contributed by atoms with Gasteiger partial charge in [-0.1, -0.05) is 6.92 Å². The number of hydrazine groups is 1. The molecule has 0 aromatic rings. The van der Waals surface area contributed by atoms with Crippen LogP contribution in [-0.4, -0.2) is 17.1 Å². The summed E-state index contributed by atoms with van der Waals surface area (Å²) in [6, 6.07) is 0. The van der Waals surface area contributed by atoms with Crippen LogP contribution in [0.4, 0.5) is 0 Å². The molecule has 0 saturated heterocycles. The molecule has 3 heteroatoms. The van der Waals surface area contributed by atoms with Crippen molar-refractivity contribution in [2.45, 2.75) is 20.3 Å². The lowest BCUT2D eigenvalue weighted by molar-refractivity contribution is -0.540. The van der Waals surface area contributed by atoms with Crippen molar-refractivity contribution in [2.75, 3.05) is 6.54 Å². The van der Waals surface area contributed by atoms with Gasteiger partial charge in [0.05, 0.1) is 0 Å². The lowest BCUT2D eigenvalue weighted by Crippen LogP contribution is -2.31. The summed E-state index contributed by atoms with van der Waals surface area (Å²) in [6.07, 6.45) is 1.03. The topological polar surface area (TPSA) is 55.0 Å². The molecule has 0 fully saturated rings. The third-order valence-corrected chi connectivity index (χ3v) is 0.918. The smallest absolute Gasteiger partial charge is 0.262 e. The standard InChI is InChI=1S/C5H13N3/c1-3-4-8(7)5(2)6/h6H,3-4,7H2,1-2H3/p+1. The minimum atomic E-state index is 0.673. The molecule has 4 N–H and O–H groups in total. The second-order valence-corrected chi connectivity index (χ2v) is 1.83. The van der Waals surface area contributed by atoms with Gasteiger partial charge in [0.15, 0.2) is 0 Å². The van der Waals surface area contributed by atoms with Crippen molar-refractivity contribution >= 4 is 5.84 Å². The highest BCUT2D eigenvalue weighted by Gasteiger charge is 1.93. The van der Waals surface area contributed by atoms with Crippen molar-refractivity contribution in [3.05, 3.63) is 0 Å². The van der Waals surface area contributed by atoms with Gasteiger partial charge in [-0.2, -0.15) is 4.68 Å². The van der Waals surface area contributed by atoms with E-state index in [1.54, 1.807) is 11.6 Å². The monoisotopic (exact) mass is 116 g/mol. The average Bonchev–Trinajstić information content (AvgIpc) is 1.67. The Labute approximate surface area is 50.0 Å². The van der Waals surface area contributed by atoms with E-state index >= 15 is 0 Å². The van der Waals surface area contributed by atoms with Crippen LogP contribution in [0, 0.1) is 0 Å². The fraction of sp³-hybridized carbons (Fsp3) is 0.800. The zero-order valence-corrected chi connectivity index (χ0v) is 5.52. The first-order chi connectivity index (χ1) is 3.68. The van der Waals surface area contributed by atoms with E-state index in [9.17, 15) is 0 Å². The highest BCUT2D eigenvalue weighted by atomic mass is 15.3. The summed E-state index contributed by atoms with van der Waals surface area (Å²) in [6.45, 7) is 4.68. The number of amidine groups is 1. The van der Waals surface area contributed by atoms with Gasteiger partial charge in [0.25, 0.3) is 5.84 Å². The summed E-state index contributed by atoms with van der Waals surface area (Å²) in [5.74, 6) is 6.07. The van der Waals surface area contributed by atoms with Gasteiger partial charge in [0.1, 0.15) is 6.54 Å². The van der Waals surface area contributed by atoms with Gasteiger partial charge in [-0.15, -0.1) is 0 Å². The van der Waals surface area contributed by atoms with E-state index in [4.69, 9.17) is 11.6 Å². The van der Waals surface area contributed by atoms with Gasteiger partial charge < -0.3 is 0 Å². The summed E-state index contributed by atoms with van der Waals surface area (Å²) >= 11 is 0. The van der Waals surface area contributed by atoms with Gasteiger partial charge in [0.2, 0.25) is 0 Å². The number of hydrogen-bond donors (Lipinski definition) is 2. The largest absolute Gasteiger partial charge is 0.290 e. The van der Waals surface area contributed by atoms with Gasteiger partial charge in [0, 0.05) is 6.92 Å². The normalized spacial score (nSPS) is 13.2. The minimum Gasteiger partial charge on any atom is -0.290 e. The second kappa shape index (κ2) is 3.29. The summed E-state index contributed by atoms with van der Waals surface area (Å²) in [7, 11) is 0. The first kappa shape index (κ1) is 7.27. The number of hydrogen-bond acceptors (Lipinski definition) is 1. The maximum atomic E-state index is 5.40. The van der Waals surface area contributed by atoms with Crippen LogP contribution in [0.3, 0.4) is 0 Å². The Hall–Kier alpha value is -0.730. The molecule has 0 aliphatic rings. The molecule has 0 aliphatic heterocycles. The fourth-order valence-electron chi connectivity index (χ4n) is 0.417. The Balaban J connectivity index is 3.62. The van der Waals surface area contributed by atoms with E-state index < -0.39 is 0 Å². The molecule has 3 nitrogen and oxygen atoms in total. The van der Waals surface area contributed by atoms with Crippen LogP contribution in [0.2, 0.25) is 0 Å². The molecule has 0 saturated carbocycles. The third-order valence-electron chi connectivity index (χ3n) is 0.918. The highest BCUT2D eigenvalue weighted by molar-refractivity contribution is 5.71. The molecule has 0 bridgehead atoms. The molecule has 0 heterocycles. The molecule has 0 unspecified atom stereocenters. The van der Waals surface area contributed by atoms with Crippen molar-refractivity contribution in [3.8, 4) is 0 Å². The van der Waals surface area contributed by atoms with Crippen LogP contribution in [0.1, 0.15) is 20.3 Å². The zero-order valence-electron chi connectivity index (χ0n) is 5.52. The highest BCUT2D eigenvalue weighted by Crippen LogP contribution is 1.72. The number of rotatable bonds is 2. The molecular formula is C5H14N3+. The van der Waals surface area contributed by atoms with Gasteiger partial charge in [-0.05, 0) is 6.42 Å². The summed E-state index contributed by atoms with van der Waals surface area (Å²) in [5, 5.41) is 0. The lowest BCUT2D eigenvalue weighted by atomic mass is 10.5. The van der Waals surface area contributed by atoms with E-state index in [1.807, 2.05) is 0 Å². The summed E-state index contributed by atoms with van der Waals surface area (Å²) in [5.41, 5.74) is 5.34. The molecule has 0 aromatic heterocycles. The Morgan fingerprint density at radius 1 is 1.62 bits per heavy atom. The predicted octanol–water partition coefficient (Wildman–Crippen LogP) is -0.340. The van der Waals surface area contributed by atoms with Crippen LogP contribution in [0.15, 0.2) is 0 Å². The molecule has 0 radical (unpaired) electrons. The van der Waals surface area contributed by atoms with E-state index in [-0.39, 0.29) is 0 Å². The number of nitrogens with two attached hydrogens (primary N) is 2. The first-order valence-electron chi connectivity index (χ1n) is 2.79. The molecule has 0 spiro atoms. The van der Waals surface area contributed by atoms with Crippen molar-refractivity contribution in [2.24, 2.45) is 11.6 Å². The third kappa shape index (κ3) is 2.44. The molecule has 48 valence electrons. The quantitative estimate of drug-likeness (QED) is 0.170. The van der Waals surface area contributed by atoms with Crippen molar-refractivity contribution < 1.29 is 4.68 Å². The van der Waals surface area contributed by atoms with Crippen molar-refractivity contribution in [1.82, 2.24) is 0 Å².